The summed E-state index contributed by atoms with van der Waals surface area (Å²) >= 11 is 0. The molecule has 0 radical (unpaired) electrons. The van der Waals surface area contributed by atoms with E-state index in [1.165, 1.54) is 5.56 Å². The zero-order chi connectivity index (χ0) is 15.1. The zero-order valence-corrected chi connectivity index (χ0v) is 13.9. The summed E-state index contributed by atoms with van der Waals surface area (Å²) in [6.07, 6.45) is 6.24. The summed E-state index contributed by atoms with van der Waals surface area (Å²) in [5, 5.41) is 0. The maximum Gasteiger partial charge on any atom is 0.242 e. The summed E-state index contributed by atoms with van der Waals surface area (Å²) in [7, 11) is -1.63. The molecular weight excluding hydrogens is 272 g/mol. The molecule has 2 aromatic carbocycles. The molecule has 0 saturated carbocycles. The van der Waals surface area contributed by atoms with Gasteiger partial charge in [-0.15, -0.1) is 0 Å². The first kappa shape index (κ1) is 15.3. The second-order valence-corrected chi connectivity index (χ2v) is 10.3. The molecule has 0 fully saturated rings. The standard InChI is InChI=1S/C19H22OSi/c1-21(2,3)20-19(16-18-12-8-5-9-13-18)15-14-17-10-6-4-7-11-17/h4-16H,1-3H3/b15-14-,19-16+. The summed E-state index contributed by atoms with van der Waals surface area (Å²) in [6.45, 7) is 6.59. The molecule has 0 bridgehead atoms. The molecule has 0 saturated heterocycles. The Bertz CT molecular complexity index is 607. The van der Waals surface area contributed by atoms with Crippen molar-refractivity contribution in [3.8, 4) is 0 Å². The molecule has 1 nitrogen and oxygen atoms in total. The summed E-state index contributed by atoms with van der Waals surface area (Å²) in [5.41, 5.74) is 2.33. The van der Waals surface area contributed by atoms with Gasteiger partial charge in [0.05, 0.1) is 0 Å². The predicted octanol–water partition coefficient (Wildman–Crippen LogP) is 5.59. The molecule has 0 unspecified atom stereocenters. The Morgan fingerprint density at radius 1 is 0.810 bits per heavy atom. The molecule has 21 heavy (non-hydrogen) atoms. The zero-order valence-electron chi connectivity index (χ0n) is 12.9. The third-order valence-corrected chi connectivity index (χ3v) is 3.62. The van der Waals surface area contributed by atoms with Gasteiger partial charge in [-0.1, -0.05) is 66.7 Å². The van der Waals surface area contributed by atoms with Crippen molar-refractivity contribution in [2.24, 2.45) is 0 Å². The van der Waals surface area contributed by atoms with E-state index in [9.17, 15) is 0 Å². The van der Waals surface area contributed by atoms with Crippen molar-refractivity contribution in [2.75, 3.05) is 0 Å². The molecule has 0 aliphatic rings. The lowest BCUT2D eigenvalue weighted by atomic mass is 10.1. The summed E-state index contributed by atoms with van der Waals surface area (Å²) < 4.78 is 6.18. The first-order valence-electron chi connectivity index (χ1n) is 7.22. The highest BCUT2D eigenvalue weighted by Gasteiger charge is 2.16. The lowest BCUT2D eigenvalue weighted by molar-refractivity contribution is 0.447. The second kappa shape index (κ2) is 7.09. The topological polar surface area (TPSA) is 9.23 Å². The fraction of sp³-hybridized carbons (Fsp3) is 0.158. The van der Waals surface area contributed by atoms with E-state index in [1.54, 1.807) is 0 Å². The molecule has 0 atom stereocenters. The Morgan fingerprint density at radius 3 is 1.86 bits per heavy atom. The van der Waals surface area contributed by atoms with E-state index in [2.05, 4.69) is 62.1 Å². The van der Waals surface area contributed by atoms with Crippen molar-refractivity contribution in [3.05, 3.63) is 83.6 Å². The maximum absolute atomic E-state index is 6.18. The van der Waals surface area contributed by atoms with Gasteiger partial charge in [-0.05, 0) is 42.9 Å². The molecule has 2 rings (SSSR count). The van der Waals surface area contributed by atoms with Gasteiger partial charge in [0.1, 0.15) is 5.76 Å². The number of hydrogen-bond acceptors (Lipinski definition) is 1. The molecule has 0 amide bonds. The third-order valence-electron chi connectivity index (χ3n) is 2.77. The van der Waals surface area contributed by atoms with Gasteiger partial charge < -0.3 is 4.43 Å². The van der Waals surface area contributed by atoms with Crippen LogP contribution in [0.1, 0.15) is 11.1 Å². The van der Waals surface area contributed by atoms with Crippen molar-refractivity contribution >= 4 is 20.5 Å². The molecule has 0 aromatic heterocycles. The largest absolute Gasteiger partial charge is 0.544 e. The van der Waals surface area contributed by atoms with Crippen LogP contribution in [0.4, 0.5) is 0 Å². The van der Waals surface area contributed by atoms with Crippen LogP contribution in [-0.4, -0.2) is 8.32 Å². The van der Waals surface area contributed by atoms with Crippen molar-refractivity contribution in [1.29, 1.82) is 0 Å². The van der Waals surface area contributed by atoms with Crippen LogP contribution in [0, 0.1) is 0 Å². The number of rotatable bonds is 5. The molecule has 0 heterocycles. The lowest BCUT2D eigenvalue weighted by Crippen LogP contribution is -2.24. The van der Waals surface area contributed by atoms with Gasteiger partial charge in [-0.2, -0.15) is 0 Å². The van der Waals surface area contributed by atoms with Crippen LogP contribution in [0.15, 0.2) is 72.5 Å². The highest BCUT2D eigenvalue weighted by molar-refractivity contribution is 6.70. The summed E-state index contributed by atoms with van der Waals surface area (Å²) in [6, 6.07) is 20.6. The predicted molar refractivity (Wildman–Crippen MR) is 94.3 cm³/mol. The molecule has 0 N–H and O–H groups in total. The number of hydrogen-bond donors (Lipinski definition) is 0. The Kier molecular flexibility index (Phi) is 5.18. The summed E-state index contributed by atoms with van der Waals surface area (Å²) in [5.74, 6) is 0.921. The van der Waals surface area contributed by atoms with E-state index in [4.69, 9.17) is 4.43 Å². The van der Waals surface area contributed by atoms with Crippen LogP contribution in [0.25, 0.3) is 12.2 Å². The molecule has 108 valence electrons. The minimum absolute atomic E-state index is 0.921. The molecule has 2 aromatic rings. The van der Waals surface area contributed by atoms with Gasteiger partial charge in [0.15, 0.2) is 0 Å². The average Bonchev–Trinajstić information content (AvgIpc) is 2.45. The number of allylic oxidation sites excluding steroid dienone is 1. The fourth-order valence-electron chi connectivity index (χ4n) is 1.92. The van der Waals surface area contributed by atoms with Crippen molar-refractivity contribution in [3.63, 3.8) is 0 Å². The minimum atomic E-state index is -1.63. The second-order valence-electron chi connectivity index (χ2n) is 5.92. The Balaban J connectivity index is 2.24. The van der Waals surface area contributed by atoms with Gasteiger partial charge in [-0.25, -0.2) is 0 Å². The van der Waals surface area contributed by atoms with Crippen molar-refractivity contribution in [1.82, 2.24) is 0 Å². The Morgan fingerprint density at radius 2 is 1.33 bits per heavy atom. The third kappa shape index (κ3) is 5.84. The lowest BCUT2D eigenvalue weighted by Gasteiger charge is -2.20. The highest BCUT2D eigenvalue weighted by Crippen LogP contribution is 2.17. The Hall–Kier alpha value is -2.06. The first-order valence-corrected chi connectivity index (χ1v) is 10.6. The van der Waals surface area contributed by atoms with Gasteiger partial charge in [-0.3, -0.25) is 0 Å². The van der Waals surface area contributed by atoms with Crippen LogP contribution < -0.4 is 0 Å². The van der Waals surface area contributed by atoms with Gasteiger partial charge in [0.25, 0.3) is 0 Å². The first-order chi connectivity index (χ1) is 10.0. The van der Waals surface area contributed by atoms with Crippen LogP contribution in [0.2, 0.25) is 19.6 Å². The van der Waals surface area contributed by atoms with Crippen LogP contribution >= 0.6 is 0 Å². The molecular formula is C19H22OSi. The van der Waals surface area contributed by atoms with Gasteiger partial charge in [0, 0.05) is 0 Å². The van der Waals surface area contributed by atoms with E-state index in [-0.39, 0.29) is 0 Å². The number of benzene rings is 2. The van der Waals surface area contributed by atoms with Crippen LogP contribution in [0.3, 0.4) is 0 Å². The van der Waals surface area contributed by atoms with Crippen LogP contribution in [0.5, 0.6) is 0 Å². The fourth-order valence-corrected chi connectivity index (χ4v) is 2.76. The van der Waals surface area contributed by atoms with E-state index < -0.39 is 8.32 Å². The van der Waals surface area contributed by atoms with Crippen molar-refractivity contribution in [2.45, 2.75) is 19.6 Å². The maximum atomic E-state index is 6.18. The average molecular weight is 294 g/mol. The quantitative estimate of drug-likeness (QED) is 0.396. The van der Waals surface area contributed by atoms with E-state index in [1.807, 2.05) is 36.4 Å². The Labute approximate surface area is 128 Å². The van der Waals surface area contributed by atoms with Gasteiger partial charge >= 0.3 is 0 Å². The molecule has 0 aliphatic carbocycles. The van der Waals surface area contributed by atoms with Crippen molar-refractivity contribution < 1.29 is 4.43 Å². The minimum Gasteiger partial charge on any atom is -0.544 e. The van der Waals surface area contributed by atoms with E-state index >= 15 is 0 Å². The highest BCUT2D eigenvalue weighted by atomic mass is 28.4. The van der Waals surface area contributed by atoms with E-state index in [0.717, 1.165) is 11.3 Å². The smallest absolute Gasteiger partial charge is 0.242 e. The molecule has 0 spiro atoms. The normalized spacial score (nSPS) is 12.6. The summed E-state index contributed by atoms with van der Waals surface area (Å²) in [4.78, 5) is 0. The molecule has 2 heteroatoms. The molecule has 0 aliphatic heterocycles. The van der Waals surface area contributed by atoms with Crippen LogP contribution in [-0.2, 0) is 4.43 Å². The monoisotopic (exact) mass is 294 g/mol. The van der Waals surface area contributed by atoms with E-state index in [0.29, 0.717) is 0 Å². The SMILES string of the molecule is C[Si](C)(C)OC(/C=C\c1ccccc1)=C/c1ccccc1. The van der Waals surface area contributed by atoms with Gasteiger partial charge in [0.2, 0.25) is 8.32 Å².